The summed E-state index contributed by atoms with van der Waals surface area (Å²) in [6, 6.07) is 17.5. The van der Waals surface area contributed by atoms with Crippen molar-refractivity contribution < 1.29 is 9.53 Å². The first-order valence-electron chi connectivity index (χ1n) is 8.98. The highest BCUT2D eigenvalue weighted by molar-refractivity contribution is 5.91. The number of nitrogens with one attached hydrogen (secondary N) is 1. The number of aromatic nitrogens is 2. The van der Waals surface area contributed by atoms with Crippen molar-refractivity contribution in [3.05, 3.63) is 71.4 Å². The van der Waals surface area contributed by atoms with Crippen LogP contribution < -0.4 is 10.1 Å². The van der Waals surface area contributed by atoms with Crippen LogP contribution >= 0.6 is 0 Å². The van der Waals surface area contributed by atoms with Gasteiger partial charge < -0.3 is 10.1 Å². The fraction of sp³-hybridized carbons (Fsp3) is 0.227. The van der Waals surface area contributed by atoms with Crippen molar-refractivity contribution in [3.63, 3.8) is 0 Å². The Labute approximate surface area is 159 Å². The Balaban J connectivity index is 1.66. The number of hydrogen-bond acceptors (Lipinski definition) is 4. The summed E-state index contributed by atoms with van der Waals surface area (Å²) in [6.45, 7) is 5.88. The van der Waals surface area contributed by atoms with Gasteiger partial charge in [0.05, 0.1) is 0 Å². The average molecular weight is 361 g/mol. The fourth-order valence-corrected chi connectivity index (χ4v) is 2.65. The van der Waals surface area contributed by atoms with E-state index >= 15 is 0 Å². The predicted molar refractivity (Wildman–Crippen MR) is 107 cm³/mol. The smallest absolute Gasteiger partial charge is 0.262 e. The normalized spacial score (nSPS) is 10.5. The van der Waals surface area contributed by atoms with E-state index in [2.05, 4.69) is 22.2 Å². The van der Waals surface area contributed by atoms with Gasteiger partial charge in [-0.2, -0.15) is 4.98 Å². The SMILES string of the molecule is CCc1cccc(NC(=O)COc2cc(C)nc(-c3ccc(C)cc3)n2)c1. The topological polar surface area (TPSA) is 64.1 Å². The van der Waals surface area contributed by atoms with Crippen molar-refractivity contribution in [3.8, 4) is 17.3 Å². The number of aryl methyl sites for hydroxylation is 3. The molecule has 0 saturated heterocycles. The van der Waals surface area contributed by atoms with Crippen LogP contribution in [-0.4, -0.2) is 22.5 Å². The van der Waals surface area contributed by atoms with Crippen molar-refractivity contribution in [2.45, 2.75) is 27.2 Å². The van der Waals surface area contributed by atoms with Gasteiger partial charge in [-0.1, -0.05) is 48.9 Å². The molecule has 0 unspecified atom stereocenters. The van der Waals surface area contributed by atoms with Crippen LogP contribution in [0.25, 0.3) is 11.4 Å². The second-order valence-electron chi connectivity index (χ2n) is 6.43. The van der Waals surface area contributed by atoms with Crippen molar-refractivity contribution in [1.82, 2.24) is 9.97 Å². The molecule has 3 aromatic rings. The first kappa shape index (κ1) is 18.6. The van der Waals surface area contributed by atoms with Gasteiger partial charge in [0.25, 0.3) is 5.91 Å². The third-order valence-corrected chi connectivity index (χ3v) is 4.11. The standard InChI is InChI=1S/C22H23N3O2/c1-4-17-6-5-7-19(13-17)24-20(26)14-27-21-12-16(3)23-22(25-21)18-10-8-15(2)9-11-18/h5-13H,4,14H2,1-3H3,(H,24,26). The highest BCUT2D eigenvalue weighted by atomic mass is 16.5. The first-order chi connectivity index (χ1) is 13.0. The lowest BCUT2D eigenvalue weighted by Crippen LogP contribution is -2.20. The second kappa shape index (κ2) is 8.45. The van der Waals surface area contributed by atoms with E-state index in [1.807, 2.05) is 62.4 Å². The lowest BCUT2D eigenvalue weighted by molar-refractivity contribution is -0.118. The molecule has 0 fully saturated rings. The lowest BCUT2D eigenvalue weighted by Gasteiger charge is -2.10. The molecular weight excluding hydrogens is 338 g/mol. The van der Waals surface area contributed by atoms with Gasteiger partial charge in [0.2, 0.25) is 5.88 Å². The molecule has 0 radical (unpaired) electrons. The van der Waals surface area contributed by atoms with E-state index in [1.54, 1.807) is 6.07 Å². The Morgan fingerprint density at radius 2 is 1.81 bits per heavy atom. The number of anilines is 1. The third-order valence-electron chi connectivity index (χ3n) is 4.11. The van der Waals surface area contributed by atoms with E-state index < -0.39 is 0 Å². The van der Waals surface area contributed by atoms with E-state index in [4.69, 9.17) is 4.74 Å². The molecule has 1 aromatic heterocycles. The fourth-order valence-electron chi connectivity index (χ4n) is 2.65. The monoisotopic (exact) mass is 361 g/mol. The Bertz CT molecular complexity index is 937. The van der Waals surface area contributed by atoms with Gasteiger partial charge in [-0.15, -0.1) is 0 Å². The van der Waals surface area contributed by atoms with E-state index in [9.17, 15) is 4.79 Å². The molecule has 5 heteroatoms. The minimum Gasteiger partial charge on any atom is -0.467 e. The van der Waals surface area contributed by atoms with E-state index in [1.165, 1.54) is 11.1 Å². The molecule has 0 atom stereocenters. The van der Waals surface area contributed by atoms with Crippen molar-refractivity contribution in [2.24, 2.45) is 0 Å². The number of carbonyl (C=O) groups is 1. The lowest BCUT2D eigenvalue weighted by atomic mass is 10.1. The van der Waals surface area contributed by atoms with Crippen LogP contribution in [0.4, 0.5) is 5.69 Å². The van der Waals surface area contributed by atoms with Gasteiger partial charge >= 0.3 is 0 Å². The summed E-state index contributed by atoms with van der Waals surface area (Å²) in [4.78, 5) is 21.1. The second-order valence-corrected chi connectivity index (χ2v) is 6.43. The molecule has 1 N–H and O–H groups in total. The Morgan fingerprint density at radius 1 is 1.04 bits per heavy atom. The van der Waals surface area contributed by atoms with Crippen molar-refractivity contribution in [2.75, 3.05) is 11.9 Å². The summed E-state index contributed by atoms with van der Waals surface area (Å²) in [5, 5.41) is 2.85. The number of rotatable bonds is 6. The largest absolute Gasteiger partial charge is 0.467 e. The van der Waals surface area contributed by atoms with Gasteiger partial charge in [-0.3, -0.25) is 4.79 Å². The Kier molecular flexibility index (Phi) is 5.81. The number of amides is 1. The zero-order chi connectivity index (χ0) is 19.2. The van der Waals surface area contributed by atoms with E-state index in [-0.39, 0.29) is 12.5 Å². The quantitative estimate of drug-likeness (QED) is 0.709. The van der Waals surface area contributed by atoms with Crippen LogP contribution in [0, 0.1) is 13.8 Å². The molecule has 1 heterocycles. The molecule has 0 spiro atoms. The average Bonchev–Trinajstić information content (AvgIpc) is 2.67. The van der Waals surface area contributed by atoms with Gasteiger partial charge in [0.1, 0.15) is 0 Å². The molecule has 27 heavy (non-hydrogen) atoms. The molecule has 0 aliphatic heterocycles. The number of ether oxygens (including phenoxy) is 1. The molecule has 0 aliphatic carbocycles. The maximum Gasteiger partial charge on any atom is 0.262 e. The zero-order valence-electron chi connectivity index (χ0n) is 15.8. The maximum absolute atomic E-state index is 12.2. The van der Waals surface area contributed by atoms with Gasteiger partial charge in [-0.05, 0) is 38.0 Å². The summed E-state index contributed by atoms with van der Waals surface area (Å²) >= 11 is 0. The number of nitrogens with zero attached hydrogens (tertiary/aromatic N) is 2. The van der Waals surface area contributed by atoms with Gasteiger partial charge in [0.15, 0.2) is 12.4 Å². The summed E-state index contributed by atoms with van der Waals surface area (Å²) in [7, 11) is 0. The summed E-state index contributed by atoms with van der Waals surface area (Å²) in [5.41, 5.74) is 4.80. The Morgan fingerprint density at radius 3 is 2.56 bits per heavy atom. The van der Waals surface area contributed by atoms with Crippen LogP contribution in [0.1, 0.15) is 23.7 Å². The zero-order valence-corrected chi connectivity index (χ0v) is 15.8. The van der Waals surface area contributed by atoms with Gasteiger partial charge in [-0.25, -0.2) is 4.98 Å². The number of hydrogen-bond donors (Lipinski definition) is 1. The number of carbonyl (C=O) groups excluding carboxylic acids is 1. The Hall–Kier alpha value is -3.21. The summed E-state index contributed by atoms with van der Waals surface area (Å²) < 4.78 is 5.60. The van der Waals surface area contributed by atoms with Crippen LogP contribution in [0.15, 0.2) is 54.6 Å². The highest BCUT2D eigenvalue weighted by Crippen LogP contribution is 2.19. The molecule has 0 bridgehead atoms. The molecule has 2 aromatic carbocycles. The van der Waals surface area contributed by atoms with Gasteiger partial charge in [0, 0.05) is 23.0 Å². The summed E-state index contributed by atoms with van der Waals surface area (Å²) in [6.07, 6.45) is 0.919. The van der Waals surface area contributed by atoms with Crippen LogP contribution in [0.5, 0.6) is 5.88 Å². The van der Waals surface area contributed by atoms with Crippen molar-refractivity contribution in [1.29, 1.82) is 0 Å². The summed E-state index contributed by atoms with van der Waals surface area (Å²) in [5.74, 6) is 0.744. The molecular formula is C22H23N3O2. The minimum atomic E-state index is -0.226. The number of benzene rings is 2. The maximum atomic E-state index is 12.2. The van der Waals surface area contributed by atoms with Crippen LogP contribution in [0.3, 0.4) is 0 Å². The van der Waals surface area contributed by atoms with Crippen LogP contribution in [-0.2, 0) is 11.2 Å². The van der Waals surface area contributed by atoms with E-state index in [0.717, 1.165) is 23.4 Å². The molecule has 138 valence electrons. The van der Waals surface area contributed by atoms with Crippen LogP contribution in [0.2, 0.25) is 0 Å². The molecule has 5 nitrogen and oxygen atoms in total. The minimum absolute atomic E-state index is 0.111. The predicted octanol–water partition coefficient (Wildman–Crippen LogP) is 4.34. The third kappa shape index (κ3) is 5.14. The molecule has 0 aliphatic rings. The first-order valence-corrected chi connectivity index (χ1v) is 8.98. The van der Waals surface area contributed by atoms with Crippen molar-refractivity contribution >= 4 is 11.6 Å². The molecule has 3 rings (SSSR count). The highest BCUT2D eigenvalue weighted by Gasteiger charge is 2.09. The molecule has 1 amide bonds. The molecule has 0 saturated carbocycles. The van der Waals surface area contributed by atoms with E-state index in [0.29, 0.717) is 11.7 Å².